The molecule has 1 heterocycles. The molecule has 2 aromatic rings. The number of sulfone groups is 1. The van der Waals surface area contributed by atoms with E-state index in [0.29, 0.717) is 5.56 Å². The van der Waals surface area contributed by atoms with Gasteiger partial charge in [0.15, 0.2) is 9.84 Å². The topological polar surface area (TPSA) is 74.8 Å². The van der Waals surface area contributed by atoms with E-state index in [-0.39, 0.29) is 24.3 Å². The summed E-state index contributed by atoms with van der Waals surface area (Å²) in [6.07, 6.45) is 2.63. The summed E-state index contributed by atoms with van der Waals surface area (Å²) in [5.41, 5.74) is 0.618. The van der Waals surface area contributed by atoms with Gasteiger partial charge in [-0.25, -0.2) is 17.2 Å². The first kappa shape index (κ1) is 17.6. The Kier molecular flexibility index (Phi) is 4.86. The fourth-order valence-electron chi connectivity index (χ4n) is 2.03. The smallest absolute Gasteiger partial charge is 0.153 e. The van der Waals surface area contributed by atoms with Crippen LogP contribution in [0.5, 0.6) is 0 Å². The Morgan fingerprint density at radius 2 is 1.87 bits per heavy atom. The molecule has 5 nitrogen and oxygen atoms in total. The molecule has 0 saturated carbocycles. The van der Waals surface area contributed by atoms with Gasteiger partial charge in [-0.15, -0.1) is 0 Å². The lowest BCUT2D eigenvalue weighted by Gasteiger charge is -2.22. The Hall–Kier alpha value is -1.80. The lowest BCUT2D eigenvalue weighted by atomic mass is 10.1. The van der Waals surface area contributed by atoms with Crippen molar-refractivity contribution >= 4 is 9.84 Å². The van der Waals surface area contributed by atoms with Gasteiger partial charge in [0.2, 0.25) is 0 Å². The first-order valence-corrected chi connectivity index (χ1v) is 8.89. The number of H-pyrrole nitrogens is 1. The monoisotopic (exact) mass is 343 g/mol. The number of hydrogen-bond donors (Lipinski definition) is 2. The van der Waals surface area contributed by atoms with E-state index in [0.717, 1.165) is 0 Å². The highest BCUT2D eigenvalue weighted by molar-refractivity contribution is 7.92. The Bertz CT molecular complexity index is 781. The van der Waals surface area contributed by atoms with Crippen molar-refractivity contribution in [3.63, 3.8) is 0 Å². The molecule has 1 aromatic heterocycles. The third-order valence-electron chi connectivity index (χ3n) is 3.80. The van der Waals surface area contributed by atoms with E-state index in [2.05, 4.69) is 15.5 Å². The Morgan fingerprint density at radius 1 is 1.26 bits per heavy atom. The van der Waals surface area contributed by atoms with Gasteiger partial charge in [-0.2, -0.15) is 5.10 Å². The van der Waals surface area contributed by atoms with E-state index in [1.165, 1.54) is 30.7 Å². The number of rotatable bonds is 6. The molecule has 0 spiro atoms. The molecule has 0 aliphatic rings. The summed E-state index contributed by atoms with van der Waals surface area (Å²) < 4.78 is 50.1. The van der Waals surface area contributed by atoms with Crippen molar-refractivity contribution in [2.24, 2.45) is 0 Å². The summed E-state index contributed by atoms with van der Waals surface area (Å²) >= 11 is 0. The average Bonchev–Trinajstić information content (AvgIpc) is 2.85. The first-order chi connectivity index (χ1) is 10.6. The van der Waals surface area contributed by atoms with Crippen LogP contribution in [0.4, 0.5) is 8.78 Å². The molecule has 0 atom stereocenters. The number of halogens is 2. The Morgan fingerprint density at radius 3 is 2.43 bits per heavy atom. The van der Waals surface area contributed by atoms with Gasteiger partial charge in [0.1, 0.15) is 11.6 Å². The van der Waals surface area contributed by atoms with Crippen LogP contribution < -0.4 is 5.32 Å². The quantitative estimate of drug-likeness (QED) is 0.844. The highest BCUT2D eigenvalue weighted by Crippen LogP contribution is 2.27. The number of benzene rings is 1. The van der Waals surface area contributed by atoms with Gasteiger partial charge in [0.25, 0.3) is 0 Å². The maximum atomic E-state index is 13.9. The van der Waals surface area contributed by atoms with Crippen LogP contribution in [0.25, 0.3) is 11.3 Å². The lowest BCUT2D eigenvalue weighted by Crippen LogP contribution is -2.41. The Labute approximate surface area is 134 Å². The van der Waals surface area contributed by atoms with Gasteiger partial charge in [0, 0.05) is 24.9 Å². The third kappa shape index (κ3) is 3.76. The highest BCUT2D eigenvalue weighted by atomic mass is 32.2. The van der Waals surface area contributed by atoms with Gasteiger partial charge < -0.3 is 5.32 Å². The number of nitrogens with one attached hydrogen (secondary N) is 2. The predicted molar refractivity (Wildman–Crippen MR) is 84.6 cm³/mol. The molecule has 0 fully saturated rings. The molecule has 0 bridgehead atoms. The zero-order chi connectivity index (χ0) is 17.3. The minimum absolute atomic E-state index is 0.177. The van der Waals surface area contributed by atoms with Crippen LogP contribution in [0.2, 0.25) is 0 Å². The molecule has 0 saturated heterocycles. The van der Waals surface area contributed by atoms with Gasteiger partial charge in [-0.1, -0.05) is 6.07 Å². The number of aromatic amines is 1. The normalized spacial score (nSPS) is 12.6. The van der Waals surface area contributed by atoms with E-state index in [1.807, 2.05) is 0 Å². The molecule has 0 aliphatic heterocycles. The van der Waals surface area contributed by atoms with Crippen LogP contribution >= 0.6 is 0 Å². The fraction of sp³-hybridized carbons (Fsp3) is 0.400. The molecule has 8 heteroatoms. The molecule has 2 N–H and O–H groups in total. The maximum absolute atomic E-state index is 13.9. The maximum Gasteiger partial charge on any atom is 0.153 e. The number of hydrogen-bond acceptors (Lipinski definition) is 4. The largest absolute Gasteiger partial charge is 0.311 e. The first-order valence-electron chi connectivity index (χ1n) is 7.00. The van der Waals surface area contributed by atoms with E-state index < -0.39 is 26.2 Å². The van der Waals surface area contributed by atoms with E-state index in [4.69, 9.17) is 0 Å². The van der Waals surface area contributed by atoms with E-state index >= 15 is 0 Å². The molecular formula is C15H19F2N3O2S. The second kappa shape index (κ2) is 6.37. The standard InChI is InChI=1S/C15H19F2N3O2S/c1-15(2,23(3,21)22)9-18-7-10-8-19-20-14(10)13-11(16)5-4-6-12(13)17/h4-6,8,18H,7,9H2,1-3H3,(H,19,20). The van der Waals surface area contributed by atoms with Crippen LogP contribution in [-0.2, 0) is 16.4 Å². The third-order valence-corrected chi connectivity index (χ3v) is 5.95. The second-order valence-electron chi connectivity index (χ2n) is 6.00. The van der Waals surface area contributed by atoms with Crippen LogP contribution in [0.1, 0.15) is 19.4 Å². The van der Waals surface area contributed by atoms with Crippen molar-refractivity contribution in [3.05, 3.63) is 41.6 Å². The fourth-order valence-corrected chi connectivity index (χ4v) is 2.39. The summed E-state index contributed by atoms with van der Waals surface area (Å²) in [4.78, 5) is 0. The predicted octanol–water partition coefficient (Wildman–Crippen LogP) is 2.27. The minimum Gasteiger partial charge on any atom is -0.311 e. The summed E-state index contributed by atoms with van der Waals surface area (Å²) in [5.74, 6) is -1.38. The van der Waals surface area contributed by atoms with Crippen molar-refractivity contribution in [1.29, 1.82) is 0 Å². The van der Waals surface area contributed by atoms with Gasteiger partial charge in [0.05, 0.1) is 22.2 Å². The molecule has 23 heavy (non-hydrogen) atoms. The van der Waals surface area contributed by atoms with E-state index in [9.17, 15) is 17.2 Å². The van der Waals surface area contributed by atoms with Crippen molar-refractivity contribution in [2.45, 2.75) is 25.1 Å². The minimum atomic E-state index is -3.23. The van der Waals surface area contributed by atoms with Crippen molar-refractivity contribution in [1.82, 2.24) is 15.5 Å². The highest BCUT2D eigenvalue weighted by Gasteiger charge is 2.29. The van der Waals surface area contributed by atoms with Gasteiger partial charge in [-0.05, 0) is 26.0 Å². The Balaban J connectivity index is 2.17. The molecule has 2 rings (SSSR count). The summed E-state index contributed by atoms with van der Waals surface area (Å²) in [6.45, 7) is 3.67. The molecular weight excluding hydrogens is 324 g/mol. The van der Waals surface area contributed by atoms with Gasteiger partial charge >= 0.3 is 0 Å². The molecule has 126 valence electrons. The average molecular weight is 343 g/mol. The number of nitrogens with zero attached hydrogens (tertiary/aromatic N) is 1. The zero-order valence-electron chi connectivity index (χ0n) is 13.2. The lowest BCUT2D eigenvalue weighted by molar-refractivity contribution is 0.521. The zero-order valence-corrected chi connectivity index (χ0v) is 14.0. The molecule has 0 radical (unpaired) electrons. The van der Waals surface area contributed by atoms with Gasteiger partial charge in [-0.3, -0.25) is 5.10 Å². The van der Waals surface area contributed by atoms with Crippen molar-refractivity contribution in [2.75, 3.05) is 12.8 Å². The molecule has 0 aliphatic carbocycles. The van der Waals surface area contributed by atoms with Crippen molar-refractivity contribution < 1.29 is 17.2 Å². The van der Waals surface area contributed by atoms with Crippen LogP contribution in [0, 0.1) is 11.6 Å². The molecule has 0 amide bonds. The summed E-state index contributed by atoms with van der Waals surface area (Å²) in [5, 5.41) is 9.42. The van der Waals surface area contributed by atoms with Crippen LogP contribution in [0.3, 0.4) is 0 Å². The summed E-state index contributed by atoms with van der Waals surface area (Å²) in [7, 11) is -3.23. The van der Waals surface area contributed by atoms with E-state index in [1.54, 1.807) is 13.8 Å². The summed E-state index contributed by atoms with van der Waals surface area (Å²) in [6, 6.07) is 3.63. The molecule has 0 unspecified atom stereocenters. The SMILES string of the molecule is CC(C)(CNCc1cn[nH]c1-c1c(F)cccc1F)S(C)(=O)=O. The van der Waals surface area contributed by atoms with Crippen molar-refractivity contribution in [3.8, 4) is 11.3 Å². The van der Waals surface area contributed by atoms with Crippen LogP contribution in [0.15, 0.2) is 24.4 Å². The molecule has 1 aromatic carbocycles. The second-order valence-corrected chi connectivity index (χ2v) is 8.65. The number of aromatic nitrogens is 2. The van der Waals surface area contributed by atoms with Crippen LogP contribution in [-0.4, -0.2) is 36.2 Å².